The van der Waals surface area contributed by atoms with Crippen LogP contribution in [0.25, 0.3) is 10.9 Å². The van der Waals surface area contributed by atoms with Crippen LogP contribution in [0.4, 0.5) is 5.69 Å². The Balaban J connectivity index is 2.73. The van der Waals surface area contributed by atoms with Gasteiger partial charge in [0, 0.05) is 25.7 Å². The summed E-state index contributed by atoms with van der Waals surface area (Å²) in [6.07, 6.45) is 1.97. The normalized spacial score (nSPS) is 10.5. The van der Waals surface area contributed by atoms with E-state index in [-0.39, 0.29) is 0 Å². The largest absolute Gasteiger partial charge is 0.376 e. The number of anilines is 1. The molecule has 0 bridgehead atoms. The molecule has 1 N–H and O–H groups in total. The van der Waals surface area contributed by atoms with Crippen molar-refractivity contribution in [3.8, 4) is 0 Å². The van der Waals surface area contributed by atoms with E-state index in [4.69, 9.17) is 0 Å². The monoisotopic (exact) mass is 160 g/mol. The summed E-state index contributed by atoms with van der Waals surface area (Å²) in [7, 11) is 4.10. The highest BCUT2D eigenvalue weighted by Crippen LogP contribution is 2.23. The summed E-state index contributed by atoms with van der Waals surface area (Å²) in [6, 6.07) is 8.38. The lowest BCUT2D eigenvalue weighted by Crippen LogP contribution is -2.08. The predicted molar refractivity (Wildman–Crippen MR) is 52.6 cm³/mol. The zero-order chi connectivity index (χ0) is 8.55. The highest BCUT2D eigenvalue weighted by Gasteiger charge is 2.01. The van der Waals surface area contributed by atoms with E-state index in [9.17, 15) is 0 Å². The van der Waals surface area contributed by atoms with Crippen molar-refractivity contribution in [1.29, 1.82) is 0 Å². The van der Waals surface area contributed by atoms with Gasteiger partial charge in [-0.3, -0.25) is 0 Å². The van der Waals surface area contributed by atoms with E-state index in [1.807, 2.05) is 6.20 Å². The van der Waals surface area contributed by atoms with E-state index in [1.54, 1.807) is 0 Å². The topological polar surface area (TPSA) is 19.0 Å². The quantitative estimate of drug-likeness (QED) is 0.677. The second-order valence-corrected chi connectivity index (χ2v) is 3.11. The molecule has 1 aromatic heterocycles. The summed E-state index contributed by atoms with van der Waals surface area (Å²) < 4.78 is 0. The van der Waals surface area contributed by atoms with Gasteiger partial charge in [0.05, 0.1) is 11.2 Å². The van der Waals surface area contributed by atoms with Gasteiger partial charge in [-0.15, -0.1) is 0 Å². The minimum atomic E-state index is 1.21. The van der Waals surface area contributed by atoms with Gasteiger partial charge >= 0.3 is 0 Å². The summed E-state index contributed by atoms with van der Waals surface area (Å²) in [5.74, 6) is 0. The molecule has 2 heteroatoms. The van der Waals surface area contributed by atoms with Crippen molar-refractivity contribution in [2.75, 3.05) is 19.0 Å². The summed E-state index contributed by atoms with van der Waals surface area (Å²) in [4.78, 5) is 5.34. The molecule has 62 valence electrons. The first-order valence-electron chi connectivity index (χ1n) is 4.02. The number of H-pyrrole nitrogens is 1. The van der Waals surface area contributed by atoms with Gasteiger partial charge in [0.25, 0.3) is 0 Å². The third-order valence-corrected chi connectivity index (χ3v) is 2.05. The second-order valence-electron chi connectivity index (χ2n) is 3.11. The molecule has 0 aliphatic heterocycles. The smallest absolute Gasteiger partial charge is 0.0691 e. The first kappa shape index (κ1) is 7.22. The van der Waals surface area contributed by atoms with Crippen molar-refractivity contribution in [2.24, 2.45) is 0 Å². The average Bonchev–Trinajstić information content (AvgIpc) is 2.49. The second kappa shape index (κ2) is 2.55. The molecule has 0 fully saturated rings. The number of benzene rings is 1. The molecule has 0 amide bonds. The Bertz CT molecular complexity index is 387. The van der Waals surface area contributed by atoms with Crippen LogP contribution in [0.3, 0.4) is 0 Å². The fourth-order valence-corrected chi connectivity index (χ4v) is 1.44. The molecular formula is C10H12N2. The number of nitrogens with zero attached hydrogens (tertiary/aromatic N) is 1. The Kier molecular flexibility index (Phi) is 1.54. The first-order valence-corrected chi connectivity index (χ1v) is 4.02. The van der Waals surface area contributed by atoms with Crippen molar-refractivity contribution >= 4 is 16.6 Å². The number of para-hydroxylation sites is 1. The molecule has 0 radical (unpaired) electrons. The molecule has 0 atom stereocenters. The Morgan fingerprint density at radius 3 is 2.75 bits per heavy atom. The number of fused-ring (bicyclic) bond motifs is 1. The van der Waals surface area contributed by atoms with Crippen LogP contribution in [-0.4, -0.2) is 19.1 Å². The zero-order valence-corrected chi connectivity index (χ0v) is 7.33. The van der Waals surface area contributed by atoms with Gasteiger partial charge in [0.1, 0.15) is 0 Å². The van der Waals surface area contributed by atoms with E-state index >= 15 is 0 Å². The van der Waals surface area contributed by atoms with Gasteiger partial charge in [-0.25, -0.2) is 0 Å². The molecular weight excluding hydrogens is 148 g/mol. The minimum absolute atomic E-state index is 1.21. The molecule has 0 saturated heterocycles. The van der Waals surface area contributed by atoms with Crippen LogP contribution in [0, 0.1) is 0 Å². The highest BCUT2D eigenvalue weighted by atomic mass is 15.1. The van der Waals surface area contributed by atoms with Crippen molar-refractivity contribution < 1.29 is 0 Å². The number of hydrogen-bond acceptors (Lipinski definition) is 1. The summed E-state index contributed by atoms with van der Waals surface area (Å²) >= 11 is 0. The SMILES string of the molecule is CN(C)c1cccc2cc[nH]c12. The third-order valence-electron chi connectivity index (χ3n) is 2.05. The zero-order valence-electron chi connectivity index (χ0n) is 7.33. The van der Waals surface area contributed by atoms with E-state index < -0.39 is 0 Å². The Morgan fingerprint density at radius 1 is 1.17 bits per heavy atom. The standard InChI is InChI=1S/C10H12N2/c1-12(2)9-5-3-4-8-6-7-11-10(8)9/h3-7,11H,1-2H3. The molecule has 2 aromatic rings. The van der Waals surface area contributed by atoms with Gasteiger partial charge in [0.2, 0.25) is 0 Å². The lowest BCUT2D eigenvalue weighted by atomic mass is 10.2. The summed E-state index contributed by atoms with van der Waals surface area (Å²) in [5.41, 5.74) is 2.44. The van der Waals surface area contributed by atoms with Crippen LogP contribution in [-0.2, 0) is 0 Å². The number of rotatable bonds is 1. The Labute approximate surface area is 71.8 Å². The van der Waals surface area contributed by atoms with Gasteiger partial charge in [0.15, 0.2) is 0 Å². The van der Waals surface area contributed by atoms with Crippen molar-refractivity contribution in [1.82, 2.24) is 4.98 Å². The lowest BCUT2D eigenvalue weighted by molar-refractivity contribution is 1.14. The van der Waals surface area contributed by atoms with Crippen LogP contribution in [0.1, 0.15) is 0 Å². The summed E-state index contributed by atoms with van der Waals surface area (Å²) in [6.45, 7) is 0. The van der Waals surface area contributed by atoms with Crippen molar-refractivity contribution in [3.05, 3.63) is 30.5 Å². The third kappa shape index (κ3) is 0.961. The first-order chi connectivity index (χ1) is 5.79. The van der Waals surface area contributed by atoms with E-state index in [0.29, 0.717) is 0 Å². The Hall–Kier alpha value is -1.44. The van der Waals surface area contributed by atoms with E-state index in [0.717, 1.165) is 0 Å². The van der Waals surface area contributed by atoms with E-state index in [1.165, 1.54) is 16.6 Å². The lowest BCUT2D eigenvalue weighted by Gasteiger charge is -2.12. The maximum Gasteiger partial charge on any atom is 0.0691 e. The maximum atomic E-state index is 3.23. The predicted octanol–water partition coefficient (Wildman–Crippen LogP) is 2.23. The highest BCUT2D eigenvalue weighted by molar-refractivity contribution is 5.91. The molecule has 1 heterocycles. The molecule has 0 aliphatic rings. The van der Waals surface area contributed by atoms with Gasteiger partial charge in [-0.2, -0.15) is 0 Å². The van der Waals surface area contributed by atoms with E-state index in [2.05, 4.69) is 48.2 Å². The molecule has 1 aromatic carbocycles. The van der Waals surface area contributed by atoms with Crippen molar-refractivity contribution in [3.63, 3.8) is 0 Å². The number of aromatic amines is 1. The summed E-state index contributed by atoms with van der Waals surface area (Å²) in [5, 5.41) is 1.27. The molecule has 0 spiro atoms. The maximum absolute atomic E-state index is 3.23. The molecule has 2 nitrogen and oxygen atoms in total. The molecule has 0 aliphatic carbocycles. The van der Waals surface area contributed by atoms with Crippen molar-refractivity contribution in [2.45, 2.75) is 0 Å². The molecule has 12 heavy (non-hydrogen) atoms. The van der Waals surface area contributed by atoms with Crippen LogP contribution in [0.2, 0.25) is 0 Å². The minimum Gasteiger partial charge on any atom is -0.376 e. The van der Waals surface area contributed by atoms with Gasteiger partial charge in [-0.05, 0) is 12.1 Å². The number of aromatic nitrogens is 1. The van der Waals surface area contributed by atoms with Crippen LogP contribution >= 0.6 is 0 Å². The molecule has 0 saturated carbocycles. The van der Waals surface area contributed by atoms with Crippen LogP contribution in [0.15, 0.2) is 30.5 Å². The Morgan fingerprint density at radius 2 is 2.00 bits per heavy atom. The fraction of sp³-hybridized carbons (Fsp3) is 0.200. The van der Waals surface area contributed by atoms with Gasteiger partial charge < -0.3 is 9.88 Å². The number of hydrogen-bond donors (Lipinski definition) is 1. The van der Waals surface area contributed by atoms with Crippen LogP contribution in [0.5, 0.6) is 0 Å². The van der Waals surface area contributed by atoms with Gasteiger partial charge in [-0.1, -0.05) is 12.1 Å². The molecule has 0 unspecified atom stereocenters. The van der Waals surface area contributed by atoms with Crippen LogP contribution < -0.4 is 4.90 Å². The number of nitrogens with one attached hydrogen (secondary N) is 1. The average molecular weight is 160 g/mol. The fourth-order valence-electron chi connectivity index (χ4n) is 1.44. The molecule has 2 rings (SSSR count).